The van der Waals surface area contributed by atoms with Crippen LogP contribution in [-0.2, 0) is 6.18 Å². The molecule has 158 valence electrons. The first-order valence-corrected chi connectivity index (χ1v) is 11.2. The van der Waals surface area contributed by atoms with Crippen molar-refractivity contribution in [3.63, 3.8) is 0 Å². The second-order valence-corrected chi connectivity index (χ2v) is 9.13. The fourth-order valence-corrected chi connectivity index (χ4v) is 5.57. The number of rotatable bonds is 6. The van der Waals surface area contributed by atoms with Gasteiger partial charge in [-0.25, -0.2) is 4.39 Å². The van der Waals surface area contributed by atoms with Crippen LogP contribution in [0.2, 0.25) is 0 Å². The third-order valence-electron chi connectivity index (χ3n) is 7.32. The number of unbranched alkanes of at least 4 members (excludes halogenated alkanes) is 2. The van der Waals surface area contributed by atoms with Crippen LogP contribution in [0.1, 0.15) is 101 Å². The lowest BCUT2D eigenvalue weighted by Gasteiger charge is -2.38. The first kappa shape index (κ1) is 21.6. The molecule has 0 unspecified atom stereocenters. The van der Waals surface area contributed by atoms with E-state index in [1.54, 1.807) is 0 Å². The Balaban J connectivity index is 1.47. The SMILES string of the molecule is CCCCCC1CCC(C2CCC(c3ccc(C(F)(F)F)c(F)c3)CC2)CC1. The van der Waals surface area contributed by atoms with Crippen LogP contribution in [0.15, 0.2) is 18.2 Å². The summed E-state index contributed by atoms with van der Waals surface area (Å²) in [5.41, 5.74) is -0.413. The molecule has 1 aromatic carbocycles. The van der Waals surface area contributed by atoms with E-state index in [4.69, 9.17) is 0 Å². The Labute approximate surface area is 167 Å². The minimum Gasteiger partial charge on any atom is -0.206 e. The monoisotopic (exact) mass is 398 g/mol. The van der Waals surface area contributed by atoms with Gasteiger partial charge in [-0.15, -0.1) is 0 Å². The van der Waals surface area contributed by atoms with Gasteiger partial charge in [0.25, 0.3) is 0 Å². The molecule has 4 heteroatoms. The van der Waals surface area contributed by atoms with E-state index in [0.717, 1.165) is 61.1 Å². The summed E-state index contributed by atoms with van der Waals surface area (Å²) in [6.45, 7) is 2.26. The van der Waals surface area contributed by atoms with Crippen LogP contribution < -0.4 is 0 Å². The molecule has 0 nitrogen and oxygen atoms in total. The first-order chi connectivity index (χ1) is 13.4. The molecule has 0 spiro atoms. The van der Waals surface area contributed by atoms with E-state index in [9.17, 15) is 17.6 Å². The molecule has 0 atom stereocenters. The molecule has 0 bridgehead atoms. The molecule has 2 saturated carbocycles. The zero-order valence-electron chi connectivity index (χ0n) is 17.0. The smallest absolute Gasteiger partial charge is 0.206 e. The fraction of sp³-hybridized carbons (Fsp3) is 0.750. The number of halogens is 4. The summed E-state index contributed by atoms with van der Waals surface area (Å²) in [6.07, 6.45) is 10.5. The number of alkyl halides is 3. The second-order valence-electron chi connectivity index (χ2n) is 9.13. The molecule has 2 aliphatic carbocycles. The summed E-state index contributed by atoms with van der Waals surface area (Å²) in [4.78, 5) is 0. The molecule has 3 rings (SSSR count). The average Bonchev–Trinajstić information content (AvgIpc) is 2.68. The van der Waals surface area contributed by atoms with Crippen molar-refractivity contribution >= 4 is 0 Å². The highest BCUT2D eigenvalue weighted by atomic mass is 19.4. The molecule has 1 aromatic rings. The lowest BCUT2D eigenvalue weighted by atomic mass is 9.68. The maximum atomic E-state index is 13.9. The molecule has 2 fully saturated rings. The van der Waals surface area contributed by atoms with E-state index in [-0.39, 0.29) is 5.92 Å². The predicted molar refractivity (Wildman–Crippen MR) is 106 cm³/mol. The number of hydrogen-bond acceptors (Lipinski definition) is 0. The molecule has 0 aromatic heterocycles. The van der Waals surface area contributed by atoms with E-state index in [2.05, 4.69) is 6.92 Å². The standard InChI is InChI=1S/C24H34F4/c1-2-3-4-5-17-6-8-18(9-7-17)19-10-12-20(13-11-19)21-14-15-22(23(25)16-21)24(26,27)28/h14-20H,2-13H2,1H3. The molecule has 0 N–H and O–H groups in total. The maximum Gasteiger partial charge on any atom is 0.419 e. The molecule has 28 heavy (non-hydrogen) atoms. The predicted octanol–water partition coefficient (Wildman–Crippen LogP) is 8.51. The van der Waals surface area contributed by atoms with E-state index in [1.165, 1.54) is 57.4 Å². The van der Waals surface area contributed by atoms with Crippen molar-refractivity contribution in [3.05, 3.63) is 35.1 Å². The van der Waals surface area contributed by atoms with Gasteiger partial charge in [-0.05, 0) is 79.9 Å². The van der Waals surface area contributed by atoms with E-state index < -0.39 is 17.6 Å². The second kappa shape index (κ2) is 9.63. The average molecular weight is 399 g/mol. The summed E-state index contributed by atoms with van der Waals surface area (Å²) in [7, 11) is 0. The van der Waals surface area contributed by atoms with Crippen LogP contribution in [0.4, 0.5) is 17.6 Å². The number of benzene rings is 1. The summed E-state index contributed by atoms with van der Waals surface area (Å²) in [5.74, 6) is 1.58. The molecule has 0 radical (unpaired) electrons. The maximum absolute atomic E-state index is 13.9. The van der Waals surface area contributed by atoms with Crippen molar-refractivity contribution in [1.82, 2.24) is 0 Å². The van der Waals surface area contributed by atoms with Gasteiger partial charge in [0.1, 0.15) is 5.82 Å². The highest BCUT2D eigenvalue weighted by Crippen LogP contribution is 2.45. The normalized spacial score (nSPS) is 29.0. The molecule has 2 aliphatic rings. The summed E-state index contributed by atoms with van der Waals surface area (Å²) >= 11 is 0. The Morgan fingerprint density at radius 2 is 1.46 bits per heavy atom. The van der Waals surface area contributed by atoms with Gasteiger partial charge in [0.05, 0.1) is 5.56 Å². The van der Waals surface area contributed by atoms with Crippen molar-refractivity contribution in [1.29, 1.82) is 0 Å². The van der Waals surface area contributed by atoms with Crippen LogP contribution in [0, 0.1) is 23.6 Å². The van der Waals surface area contributed by atoms with Gasteiger partial charge in [0.15, 0.2) is 0 Å². The Morgan fingerprint density at radius 1 is 0.857 bits per heavy atom. The Morgan fingerprint density at radius 3 is 2.00 bits per heavy atom. The Kier molecular flexibility index (Phi) is 7.44. The topological polar surface area (TPSA) is 0 Å². The van der Waals surface area contributed by atoms with Gasteiger partial charge < -0.3 is 0 Å². The molecular formula is C24H34F4. The summed E-state index contributed by atoms with van der Waals surface area (Å²) in [6, 6.07) is 3.52. The quantitative estimate of drug-likeness (QED) is 0.333. The van der Waals surface area contributed by atoms with Crippen molar-refractivity contribution in [2.75, 3.05) is 0 Å². The van der Waals surface area contributed by atoms with Crippen molar-refractivity contribution in [3.8, 4) is 0 Å². The van der Waals surface area contributed by atoms with Gasteiger partial charge in [0, 0.05) is 0 Å². The largest absolute Gasteiger partial charge is 0.419 e. The highest BCUT2D eigenvalue weighted by Gasteiger charge is 2.35. The minimum absolute atomic E-state index is 0.207. The van der Waals surface area contributed by atoms with Crippen LogP contribution in [0.3, 0.4) is 0 Å². The van der Waals surface area contributed by atoms with Gasteiger partial charge >= 0.3 is 6.18 Å². The van der Waals surface area contributed by atoms with Crippen molar-refractivity contribution < 1.29 is 17.6 Å². The molecule has 0 saturated heterocycles. The van der Waals surface area contributed by atoms with E-state index in [1.807, 2.05) is 0 Å². The van der Waals surface area contributed by atoms with Crippen LogP contribution in [-0.4, -0.2) is 0 Å². The van der Waals surface area contributed by atoms with Gasteiger partial charge in [-0.3, -0.25) is 0 Å². The molecule has 0 amide bonds. The number of hydrogen-bond donors (Lipinski definition) is 0. The molecule has 0 heterocycles. The fourth-order valence-electron chi connectivity index (χ4n) is 5.57. The van der Waals surface area contributed by atoms with Crippen LogP contribution >= 0.6 is 0 Å². The lowest BCUT2D eigenvalue weighted by Crippen LogP contribution is -2.25. The zero-order chi connectivity index (χ0) is 20.1. The Hall–Kier alpha value is -1.06. The lowest BCUT2D eigenvalue weighted by molar-refractivity contribution is -0.140. The van der Waals surface area contributed by atoms with Gasteiger partial charge in [-0.1, -0.05) is 51.5 Å². The van der Waals surface area contributed by atoms with Crippen molar-refractivity contribution in [2.24, 2.45) is 17.8 Å². The van der Waals surface area contributed by atoms with E-state index in [0.29, 0.717) is 0 Å². The molecular weight excluding hydrogens is 364 g/mol. The van der Waals surface area contributed by atoms with Crippen LogP contribution in [0.25, 0.3) is 0 Å². The van der Waals surface area contributed by atoms with E-state index >= 15 is 0 Å². The third-order valence-corrected chi connectivity index (χ3v) is 7.32. The van der Waals surface area contributed by atoms with Gasteiger partial charge in [0.2, 0.25) is 0 Å². The summed E-state index contributed by atoms with van der Waals surface area (Å²) < 4.78 is 52.2. The van der Waals surface area contributed by atoms with Crippen LogP contribution in [0.5, 0.6) is 0 Å². The van der Waals surface area contributed by atoms with Crippen molar-refractivity contribution in [2.45, 2.75) is 96.1 Å². The van der Waals surface area contributed by atoms with Gasteiger partial charge in [-0.2, -0.15) is 13.2 Å². The highest BCUT2D eigenvalue weighted by molar-refractivity contribution is 5.29. The Bertz CT molecular complexity index is 606. The first-order valence-electron chi connectivity index (χ1n) is 11.2. The summed E-state index contributed by atoms with van der Waals surface area (Å²) in [5, 5.41) is 0. The minimum atomic E-state index is -4.62. The molecule has 0 aliphatic heterocycles. The zero-order valence-corrected chi connectivity index (χ0v) is 17.0. The third kappa shape index (κ3) is 5.51.